The summed E-state index contributed by atoms with van der Waals surface area (Å²) in [7, 11) is 0. The van der Waals surface area contributed by atoms with E-state index in [1.165, 1.54) is 0 Å². The molecule has 0 saturated heterocycles. The summed E-state index contributed by atoms with van der Waals surface area (Å²) in [5.41, 5.74) is 0. The standard InChI is InChI=1S/C14H21NO3S/c1-11(13(10-16)19-2)15-14(17)8-9-18-12-6-4-3-5-7-12/h3-7,11,13,16H,8-10H2,1-2H3,(H,15,17). The van der Waals surface area contributed by atoms with E-state index in [-0.39, 0.29) is 23.8 Å². The average Bonchev–Trinajstić information content (AvgIpc) is 2.41. The quantitative estimate of drug-likeness (QED) is 0.762. The van der Waals surface area contributed by atoms with Gasteiger partial charge in [-0.1, -0.05) is 18.2 Å². The van der Waals surface area contributed by atoms with E-state index in [0.29, 0.717) is 13.0 Å². The fourth-order valence-corrected chi connectivity index (χ4v) is 2.26. The molecule has 0 fully saturated rings. The van der Waals surface area contributed by atoms with E-state index >= 15 is 0 Å². The lowest BCUT2D eigenvalue weighted by atomic mass is 10.2. The molecular weight excluding hydrogens is 262 g/mol. The number of carbonyl (C=O) groups is 1. The number of aliphatic hydroxyl groups excluding tert-OH is 1. The first kappa shape index (κ1) is 15.9. The van der Waals surface area contributed by atoms with Crippen molar-refractivity contribution in [3.05, 3.63) is 30.3 Å². The van der Waals surface area contributed by atoms with Crippen LogP contribution in [0.25, 0.3) is 0 Å². The third-order valence-corrected chi connectivity index (χ3v) is 3.93. The van der Waals surface area contributed by atoms with Crippen molar-refractivity contribution >= 4 is 17.7 Å². The van der Waals surface area contributed by atoms with E-state index in [4.69, 9.17) is 9.84 Å². The van der Waals surface area contributed by atoms with Crippen LogP contribution in [0.2, 0.25) is 0 Å². The van der Waals surface area contributed by atoms with Crippen molar-refractivity contribution in [3.63, 3.8) is 0 Å². The Morgan fingerprint density at radius 3 is 2.68 bits per heavy atom. The van der Waals surface area contributed by atoms with Crippen LogP contribution in [-0.2, 0) is 4.79 Å². The number of ether oxygens (including phenoxy) is 1. The number of nitrogens with one attached hydrogen (secondary N) is 1. The molecule has 0 heterocycles. The molecule has 0 spiro atoms. The van der Waals surface area contributed by atoms with Crippen LogP contribution in [0.5, 0.6) is 5.75 Å². The summed E-state index contributed by atoms with van der Waals surface area (Å²) >= 11 is 1.54. The molecule has 0 aliphatic heterocycles. The lowest BCUT2D eigenvalue weighted by Crippen LogP contribution is -2.41. The first-order chi connectivity index (χ1) is 9.17. The second kappa shape index (κ2) is 8.82. The van der Waals surface area contributed by atoms with Crippen LogP contribution in [-0.4, -0.2) is 41.8 Å². The van der Waals surface area contributed by atoms with Crippen LogP contribution < -0.4 is 10.1 Å². The van der Waals surface area contributed by atoms with Gasteiger partial charge >= 0.3 is 0 Å². The van der Waals surface area contributed by atoms with Gasteiger partial charge in [-0.25, -0.2) is 0 Å². The second-order valence-corrected chi connectivity index (χ2v) is 5.30. The first-order valence-electron chi connectivity index (χ1n) is 6.28. The molecule has 1 amide bonds. The second-order valence-electron chi connectivity index (χ2n) is 4.22. The zero-order valence-corrected chi connectivity index (χ0v) is 12.2. The third kappa shape index (κ3) is 5.98. The van der Waals surface area contributed by atoms with Crippen LogP contribution in [0.1, 0.15) is 13.3 Å². The molecule has 0 aromatic heterocycles. The Kier molecular flexibility index (Phi) is 7.36. The number of amides is 1. The summed E-state index contributed by atoms with van der Waals surface area (Å²) in [5.74, 6) is 0.705. The third-order valence-electron chi connectivity index (χ3n) is 2.77. The van der Waals surface area contributed by atoms with Gasteiger partial charge in [-0.3, -0.25) is 4.79 Å². The SMILES string of the molecule is CSC(CO)C(C)NC(=O)CCOc1ccccc1. The smallest absolute Gasteiger partial charge is 0.223 e. The van der Waals surface area contributed by atoms with Gasteiger partial charge in [0, 0.05) is 11.3 Å². The highest BCUT2D eigenvalue weighted by atomic mass is 32.2. The fraction of sp³-hybridized carbons (Fsp3) is 0.500. The van der Waals surface area contributed by atoms with Crippen molar-refractivity contribution in [2.75, 3.05) is 19.5 Å². The van der Waals surface area contributed by atoms with Gasteiger partial charge in [0.05, 0.1) is 19.6 Å². The molecule has 0 aliphatic rings. The molecule has 0 saturated carbocycles. The number of aliphatic hydroxyl groups is 1. The molecule has 0 aliphatic carbocycles. The predicted molar refractivity (Wildman–Crippen MR) is 78.5 cm³/mol. The zero-order valence-electron chi connectivity index (χ0n) is 11.3. The van der Waals surface area contributed by atoms with Gasteiger partial charge in [-0.15, -0.1) is 0 Å². The molecule has 1 aromatic carbocycles. The summed E-state index contributed by atoms with van der Waals surface area (Å²) in [6, 6.07) is 9.36. The maximum absolute atomic E-state index is 11.7. The molecule has 1 rings (SSSR count). The van der Waals surface area contributed by atoms with Crippen molar-refractivity contribution in [3.8, 4) is 5.75 Å². The van der Waals surface area contributed by atoms with Crippen molar-refractivity contribution < 1.29 is 14.6 Å². The highest BCUT2D eigenvalue weighted by Gasteiger charge is 2.17. The molecule has 1 aromatic rings. The monoisotopic (exact) mass is 283 g/mol. The first-order valence-corrected chi connectivity index (χ1v) is 7.57. The number of hydrogen-bond donors (Lipinski definition) is 2. The Hall–Kier alpha value is -1.20. The van der Waals surface area contributed by atoms with Gasteiger partial charge in [0.1, 0.15) is 5.75 Å². The molecular formula is C14H21NO3S. The maximum atomic E-state index is 11.7. The summed E-state index contributed by atoms with van der Waals surface area (Å²) < 4.78 is 5.46. The lowest BCUT2D eigenvalue weighted by molar-refractivity contribution is -0.122. The summed E-state index contributed by atoms with van der Waals surface area (Å²) in [5, 5.41) is 12.0. The van der Waals surface area contributed by atoms with Crippen molar-refractivity contribution in [1.29, 1.82) is 0 Å². The highest BCUT2D eigenvalue weighted by molar-refractivity contribution is 7.99. The molecule has 0 radical (unpaired) electrons. The van der Waals surface area contributed by atoms with Crippen molar-refractivity contribution in [2.24, 2.45) is 0 Å². The normalized spacial score (nSPS) is 13.6. The molecule has 106 valence electrons. The Morgan fingerprint density at radius 1 is 1.42 bits per heavy atom. The van der Waals surface area contributed by atoms with Gasteiger partial charge in [0.15, 0.2) is 0 Å². The largest absolute Gasteiger partial charge is 0.493 e. The minimum absolute atomic E-state index is 0.0268. The van der Waals surface area contributed by atoms with Crippen LogP contribution in [0.15, 0.2) is 30.3 Å². The van der Waals surface area contributed by atoms with Gasteiger partial charge in [-0.05, 0) is 25.3 Å². The molecule has 0 bridgehead atoms. The van der Waals surface area contributed by atoms with E-state index < -0.39 is 0 Å². The minimum atomic E-state index is -0.0593. The van der Waals surface area contributed by atoms with Crippen LogP contribution in [0.4, 0.5) is 0 Å². The minimum Gasteiger partial charge on any atom is -0.493 e. The molecule has 5 heteroatoms. The molecule has 19 heavy (non-hydrogen) atoms. The number of para-hydroxylation sites is 1. The predicted octanol–water partition coefficient (Wildman–Crippen LogP) is 1.68. The van der Waals surface area contributed by atoms with E-state index in [0.717, 1.165) is 5.75 Å². The molecule has 4 nitrogen and oxygen atoms in total. The summed E-state index contributed by atoms with van der Waals surface area (Å²) in [4.78, 5) is 11.7. The summed E-state index contributed by atoms with van der Waals surface area (Å²) in [6.07, 6.45) is 2.23. The number of thioether (sulfide) groups is 1. The number of benzene rings is 1. The molecule has 2 atom stereocenters. The van der Waals surface area contributed by atoms with Gasteiger partial charge in [0.2, 0.25) is 5.91 Å². The van der Waals surface area contributed by atoms with Crippen molar-refractivity contribution in [2.45, 2.75) is 24.6 Å². The molecule has 2 unspecified atom stereocenters. The van der Waals surface area contributed by atoms with E-state index in [1.54, 1.807) is 11.8 Å². The Bertz CT molecular complexity index is 368. The summed E-state index contributed by atoms with van der Waals surface area (Å²) in [6.45, 7) is 2.31. The van der Waals surface area contributed by atoms with E-state index in [2.05, 4.69) is 5.32 Å². The molecule has 2 N–H and O–H groups in total. The number of rotatable bonds is 8. The maximum Gasteiger partial charge on any atom is 0.223 e. The van der Waals surface area contributed by atoms with Crippen LogP contribution in [0.3, 0.4) is 0 Å². The van der Waals surface area contributed by atoms with Gasteiger partial charge in [0.25, 0.3) is 0 Å². The van der Waals surface area contributed by atoms with Crippen molar-refractivity contribution in [1.82, 2.24) is 5.32 Å². The Balaban J connectivity index is 2.24. The van der Waals surface area contributed by atoms with Crippen LogP contribution in [0, 0.1) is 0 Å². The van der Waals surface area contributed by atoms with E-state index in [1.807, 2.05) is 43.5 Å². The Morgan fingerprint density at radius 2 is 2.11 bits per heavy atom. The van der Waals surface area contributed by atoms with Crippen LogP contribution >= 0.6 is 11.8 Å². The van der Waals surface area contributed by atoms with Gasteiger partial charge in [-0.2, -0.15) is 11.8 Å². The number of carbonyl (C=O) groups excluding carboxylic acids is 1. The highest BCUT2D eigenvalue weighted by Crippen LogP contribution is 2.11. The number of hydrogen-bond acceptors (Lipinski definition) is 4. The average molecular weight is 283 g/mol. The zero-order chi connectivity index (χ0) is 14.1. The topological polar surface area (TPSA) is 58.6 Å². The van der Waals surface area contributed by atoms with E-state index in [9.17, 15) is 4.79 Å². The fourth-order valence-electron chi connectivity index (χ4n) is 1.63. The Labute approximate surface area is 118 Å². The lowest BCUT2D eigenvalue weighted by Gasteiger charge is -2.21. The van der Waals surface area contributed by atoms with Gasteiger partial charge < -0.3 is 15.2 Å².